The van der Waals surface area contributed by atoms with E-state index < -0.39 is 0 Å². The highest BCUT2D eigenvalue weighted by atomic mass is 16.5. The number of aryl methyl sites for hydroxylation is 1. The lowest BCUT2D eigenvalue weighted by atomic mass is 10.4. The Hall–Kier alpha value is -1.36. The minimum atomic E-state index is 0.137. The lowest BCUT2D eigenvalue weighted by Crippen LogP contribution is -2.36. The van der Waals surface area contributed by atoms with Crippen LogP contribution >= 0.6 is 0 Å². The maximum absolute atomic E-state index is 9.58. The van der Waals surface area contributed by atoms with E-state index in [0.717, 1.165) is 13.1 Å². The molecule has 14 heavy (non-hydrogen) atoms. The Labute approximate surface area is 82.4 Å². The van der Waals surface area contributed by atoms with Crippen molar-refractivity contribution < 1.29 is 9.84 Å². The van der Waals surface area contributed by atoms with Gasteiger partial charge in [-0.05, 0) is 6.92 Å². The van der Waals surface area contributed by atoms with Crippen LogP contribution in [-0.4, -0.2) is 41.4 Å². The van der Waals surface area contributed by atoms with Gasteiger partial charge in [0.1, 0.15) is 5.82 Å². The summed E-state index contributed by atoms with van der Waals surface area (Å²) in [4.78, 5) is 10.1. The summed E-state index contributed by atoms with van der Waals surface area (Å²) in [5.74, 6) is 1.42. The lowest BCUT2D eigenvalue weighted by Gasteiger charge is -2.28. The van der Waals surface area contributed by atoms with E-state index in [0.29, 0.717) is 24.9 Å². The molecule has 1 aliphatic heterocycles. The summed E-state index contributed by atoms with van der Waals surface area (Å²) in [6.45, 7) is 4.71. The molecule has 0 radical (unpaired) electrons. The normalized spacial score (nSPS) is 17.1. The summed E-state index contributed by atoms with van der Waals surface area (Å²) >= 11 is 0. The van der Waals surface area contributed by atoms with Crippen LogP contribution in [-0.2, 0) is 4.74 Å². The summed E-state index contributed by atoms with van der Waals surface area (Å²) in [5.41, 5.74) is 0. The summed E-state index contributed by atoms with van der Waals surface area (Å²) in [7, 11) is 0. The van der Waals surface area contributed by atoms with E-state index in [1.54, 1.807) is 0 Å². The van der Waals surface area contributed by atoms with Crippen LogP contribution in [0.25, 0.3) is 0 Å². The average molecular weight is 195 g/mol. The van der Waals surface area contributed by atoms with E-state index in [2.05, 4.69) is 9.97 Å². The van der Waals surface area contributed by atoms with Gasteiger partial charge >= 0.3 is 0 Å². The second-order valence-electron chi connectivity index (χ2n) is 3.23. The van der Waals surface area contributed by atoms with Gasteiger partial charge < -0.3 is 14.7 Å². The Bertz CT molecular complexity index is 324. The van der Waals surface area contributed by atoms with Crippen molar-refractivity contribution in [1.82, 2.24) is 9.97 Å². The fraction of sp³-hybridized carbons (Fsp3) is 0.556. The summed E-state index contributed by atoms with van der Waals surface area (Å²) < 4.78 is 5.22. The Balaban J connectivity index is 2.24. The fourth-order valence-electron chi connectivity index (χ4n) is 1.46. The van der Waals surface area contributed by atoms with Gasteiger partial charge in [-0.2, -0.15) is 0 Å². The van der Waals surface area contributed by atoms with Gasteiger partial charge in [-0.25, -0.2) is 9.97 Å². The Morgan fingerprint density at radius 3 is 2.86 bits per heavy atom. The molecule has 1 aromatic rings. The zero-order valence-electron chi connectivity index (χ0n) is 8.10. The third kappa shape index (κ3) is 1.77. The molecule has 1 N–H and O–H groups in total. The summed E-state index contributed by atoms with van der Waals surface area (Å²) in [6.07, 6.45) is 1.44. The first kappa shape index (κ1) is 9.21. The lowest BCUT2D eigenvalue weighted by molar-refractivity contribution is 0.122. The molecule has 1 aromatic heterocycles. The van der Waals surface area contributed by atoms with Crippen molar-refractivity contribution in [3.8, 4) is 5.75 Å². The number of ether oxygens (including phenoxy) is 1. The van der Waals surface area contributed by atoms with Crippen molar-refractivity contribution in [2.24, 2.45) is 0 Å². The highest BCUT2D eigenvalue weighted by Crippen LogP contribution is 2.23. The van der Waals surface area contributed by atoms with Crippen LogP contribution in [0.15, 0.2) is 6.20 Å². The first-order chi connectivity index (χ1) is 6.77. The quantitative estimate of drug-likeness (QED) is 0.699. The molecule has 1 aliphatic rings. The molecule has 76 valence electrons. The third-order valence-corrected chi connectivity index (χ3v) is 2.18. The molecule has 0 amide bonds. The largest absolute Gasteiger partial charge is 0.503 e. The monoisotopic (exact) mass is 195 g/mol. The van der Waals surface area contributed by atoms with Gasteiger partial charge in [0.2, 0.25) is 0 Å². The van der Waals surface area contributed by atoms with Crippen molar-refractivity contribution in [3.05, 3.63) is 12.0 Å². The van der Waals surface area contributed by atoms with Gasteiger partial charge in [0.15, 0.2) is 11.6 Å². The van der Waals surface area contributed by atoms with Gasteiger partial charge in [-0.3, -0.25) is 0 Å². The molecule has 2 heterocycles. The van der Waals surface area contributed by atoms with E-state index in [1.165, 1.54) is 6.20 Å². The standard InChI is InChI=1S/C9H13N3O2/c1-7-10-6-8(13)9(11-7)12-2-4-14-5-3-12/h6,13H,2-5H2,1H3. The van der Waals surface area contributed by atoms with Gasteiger partial charge in [-0.15, -0.1) is 0 Å². The molecule has 0 saturated carbocycles. The minimum absolute atomic E-state index is 0.137. The van der Waals surface area contributed by atoms with Crippen LogP contribution in [0.4, 0.5) is 5.82 Å². The molecule has 1 fully saturated rings. The summed E-state index contributed by atoms with van der Waals surface area (Å²) in [5, 5.41) is 9.58. The summed E-state index contributed by atoms with van der Waals surface area (Å²) in [6, 6.07) is 0. The molecule has 0 unspecified atom stereocenters. The topological polar surface area (TPSA) is 58.5 Å². The van der Waals surface area contributed by atoms with Crippen molar-refractivity contribution in [3.63, 3.8) is 0 Å². The SMILES string of the molecule is Cc1ncc(O)c(N2CCOCC2)n1. The molecular formula is C9H13N3O2. The third-order valence-electron chi connectivity index (χ3n) is 2.18. The Kier molecular flexibility index (Phi) is 2.49. The zero-order chi connectivity index (χ0) is 9.97. The number of morpholine rings is 1. The van der Waals surface area contributed by atoms with Crippen LogP contribution in [0.2, 0.25) is 0 Å². The van der Waals surface area contributed by atoms with Crippen LogP contribution in [0, 0.1) is 6.92 Å². The molecule has 1 saturated heterocycles. The Morgan fingerprint density at radius 1 is 1.43 bits per heavy atom. The first-order valence-electron chi connectivity index (χ1n) is 4.62. The molecule has 5 nitrogen and oxygen atoms in total. The van der Waals surface area contributed by atoms with Crippen molar-refractivity contribution in [1.29, 1.82) is 0 Å². The predicted molar refractivity (Wildman–Crippen MR) is 51.5 cm³/mol. The number of anilines is 1. The van der Waals surface area contributed by atoms with Gasteiger partial charge in [0.05, 0.1) is 19.4 Å². The molecule has 0 aliphatic carbocycles. The van der Waals surface area contributed by atoms with Crippen molar-refractivity contribution in [2.45, 2.75) is 6.92 Å². The van der Waals surface area contributed by atoms with E-state index in [1.807, 2.05) is 11.8 Å². The highest BCUT2D eigenvalue weighted by Gasteiger charge is 2.16. The molecule has 0 spiro atoms. The second-order valence-corrected chi connectivity index (χ2v) is 3.23. The second kappa shape index (κ2) is 3.79. The number of hydrogen-bond donors (Lipinski definition) is 1. The number of aromatic hydroxyl groups is 1. The molecule has 5 heteroatoms. The number of nitrogens with zero attached hydrogens (tertiary/aromatic N) is 3. The molecule has 0 aromatic carbocycles. The smallest absolute Gasteiger partial charge is 0.177 e. The van der Waals surface area contributed by atoms with Gasteiger partial charge in [-0.1, -0.05) is 0 Å². The molecule has 0 atom stereocenters. The maximum atomic E-state index is 9.58. The van der Waals surface area contributed by atoms with E-state index >= 15 is 0 Å². The van der Waals surface area contributed by atoms with Crippen LogP contribution in [0.1, 0.15) is 5.82 Å². The number of aromatic nitrogens is 2. The number of hydrogen-bond acceptors (Lipinski definition) is 5. The molecule has 2 rings (SSSR count). The van der Waals surface area contributed by atoms with Crippen LogP contribution in [0.3, 0.4) is 0 Å². The Morgan fingerprint density at radius 2 is 2.14 bits per heavy atom. The van der Waals surface area contributed by atoms with Gasteiger partial charge in [0.25, 0.3) is 0 Å². The molecular weight excluding hydrogens is 182 g/mol. The van der Waals surface area contributed by atoms with E-state index in [4.69, 9.17) is 4.74 Å². The highest BCUT2D eigenvalue weighted by molar-refractivity contribution is 5.50. The van der Waals surface area contributed by atoms with Crippen LogP contribution < -0.4 is 4.90 Å². The van der Waals surface area contributed by atoms with E-state index in [9.17, 15) is 5.11 Å². The van der Waals surface area contributed by atoms with Crippen molar-refractivity contribution >= 4 is 5.82 Å². The average Bonchev–Trinajstić information content (AvgIpc) is 2.23. The van der Waals surface area contributed by atoms with E-state index in [-0.39, 0.29) is 5.75 Å². The maximum Gasteiger partial charge on any atom is 0.177 e. The minimum Gasteiger partial charge on any atom is -0.503 e. The van der Waals surface area contributed by atoms with Gasteiger partial charge in [0, 0.05) is 13.1 Å². The van der Waals surface area contributed by atoms with Crippen molar-refractivity contribution in [2.75, 3.05) is 31.2 Å². The predicted octanol–water partition coefficient (Wildman–Crippen LogP) is 0.327. The number of rotatable bonds is 1. The van der Waals surface area contributed by atoms with Crippen LogP contribution in [0.5, 0.6) is 5.75 Å². The first-order valence-corrected chi connectivity index (χ1v) is 4.62. The zero-order valence-corrected chi connectivity index (χ0v) is 8.10. The fourth-order valence-corrected chi connectivity index (χ4v) is 1.46. The molecule has 0 bridgehead atoms.